The van der Waals surface area contributed by atoms with Gasteiger partial charge in [-0.2, -0.15) is 0 Å². The summed E-state index contributed by atoms with van der Waals surface area (Å²) in [5.74, 6) is 0.0795. The van der Waals surface area contributed by atoms with Crippen molar-refractivity contribution in [2.45, 2.75) is 12.6 Å². The van der Waals surface area contributed by atoms with Gasteiger partial charge in [-0.25, -0.2) is 8.78 Å². The number of aliphatic imine (C=N–C) groups is 1. The molecule has 0 aliphatic heterocycles. The van der Waals surface area contributed by atoms with Gasteiger partial charge in [0, 0.05) is 25.4 Å². The first-order chi connectivity index (χ1) is 13.5. The highest BCUT2D eigenvalue weighted by Crippen LogP contribution is 2.23. The average Bonchev–Trinajstić information content (AvgIpc) is 3.09. The van der Waals surface area contributed by atoms with E-state index in [-0.39, 0.29) is 12.1 Å². The highest BCUT2D eigenvalue weighted by atomic mass is 19.1. The van der Waals surface area contributed by atoms with E-state index in [0.717, 1.165) is 11.5 Å². The Bertz CT molecular complexity index is 948. The fraction of sp³-hybridized carbons (Fsp3) is 0.316. The number of hydrogen-bond acceptors (Lipinski definition) is 4. The number of nitrogens with zero attached hydrogens (tertiary/aromatic N) is 5. The molecule has 1 atom stereocenters. The van der Waals surface area contributed by atoms with Crippen molar-refractivity contribution in [1.29, 1.82) is 0 Å². The number of guanidine groups is 1. The highest BCUT2D eigenvalue weighted by molar-refractivity contribution is 5.79. The molecular weight excluding hydrogens is 364 g/mol. The van der Waals surface area contributed by atoms with Gasteiger partial charge in [0.1, 0.15) is 11.6 Å². The van der Waals surface area contributed by atoms with Crippen LogP contribution in [0.3, 0.4) is 0 Å². The molecule has 1 aromatic carbocycles. The number of likely N-dealkylation sites (N-methyl/N-ethyl adjacent to an activating group) is 1. The van der Waals surface area contributed by atoms with E-state index in [9.17, 15) is 8.78 Å². The molecular formula is C19H23F2N7. The van der Waals surface area contributed by atoms with E-state index in [1.165, 1.54) is 18.2 Å². The van der Waals surface area contributed by atoms with E-state index < -0.39 is 17.7 Å². The lowest BCUT2D eigenvalue weighted by Crippen LogP contribution is -2.42. The van der Waals surface area contributed by atoms with Crippen molar-refractivity contribution in [1.82, 2.24) is 30.1 Å². The summed E-state index contributed by atoms with van der Waals surface area (Å²) in [5, 5.41) is 14.5. The molecule has 0 aliphatic carbocycles. The Morgan fingerprint density at radius 2 is 1.86 bits per heavy atom. The Morgan fingerprint density at radius 3 is 2.54 bits per heavy atom. The van der Waals surface area contributed by atoms with Crippen LogP contribution >= 0.6 is 0 Å². The van der Waals surface area contributed by atoms with Crippen LogP contribution in [0.4, 0.5) is 8.78 Å². The highest BCUT2D eigenvalue weighted by Gasteiger charge is 2.22. The molecule has 0 radical (unpaired) electrons. The molecule has 2 N–H and O–H groups in total. The minimum absolute atomic E-state index is 0.0268. The van der Waals surface area contributed by atoms with Gasteiger partial charge in [0.25, 0.3) is 0 Å². The minimum atomic E-state index is -0.571. The zero-order chi connectivity index (χ0) is 20.1. The molecule has 0 saturated heterocycles. The smallest absolute Gasteiger partial charge is 0.191 e. The molecule has 148 valence electrons. The normalized spacial score (nSPS) is 13.1. The monoisotopic (exact) mass is 387 g/mol. The standard InChI is InChI=1S/C19H23F2N7/c1-22-19(24-12-17-26-25-16-9-4-5-10-28(16)17)23-11-15(27(2)3)18-13(20)7-6-8-14(18)21/h4-10,15H,11-12H2,1-3H3,(H2,22,23,24). The fourth-order valence-electron chi connectivity index (χ4n) is 2.96. The van der Waals surface area contributed by atoms with Gasteiger partial charge in [0.2, 0.25) is 0 Å². The molecule has 3 rings (SSSR count). The molecule has 9 heteroatoms. The zero-order valence-corrected chi connectivity index (χ0v) is 16.0. The Hall–Kier alpha value is -3.07. The van der Waals surface area contributed by atoms with Crippen LogP contribution in [0.2, 0.25) is 0 Å². The van der Waals surface area contributed by atoms with Crippen LogP contribution in [0.5, 0.6) is 0 Å². The molecule has 28 heavy (non-hydrogen) atoms. The lowest BCUT2D eigenvalue weighted by atomic mass is 10.0. The van der Waals surface area contributed by atoms with Gasteiger partial charge in [-0.05, 0) is 38.4 Å². The van der Waals surface area contributed by atoms with E-state index in [1.807, 2.05) is 28.8 Å². The molecule has 0 saturated carbocycles. The third-order valence-corrected chi connectivity index (χ3v) is 4.44. The molecule has 0 amide bonds. The van der Waals surface area contributed by atoms with Gasteiger partial charge in [-0.3, -0.25) is 9.39 Å². The van der Waals surface area contributed by atoms with Crippen molar-refractivity contribution in [2.24, 2.45) is 4.99 Å². The first-order valence-electron chi connectivity index (χ1n) is 8.84. The van der Waals surface area contributed by atoms with Crippen LogP contribution in [0.1, 0.15) is 17.4 Å². The molecule has 0 bridgehead atoms. The summed E-state index contributed by atoms with van der Waals surface area (Å²) in [5.41, 5.74) is 0.781. The molecule has 1 unspecified atom stereocenters. The van der Waals surface area contributed by atoms with Crippen molar-refractivity contribution in [2.75, 3.05) is 27.7 Å². The van der Waals surface area contributed by atoms with E-state index in [1.54, 1.807) is 26.0 Å². The maximum atomic E-state index is 14.2. The molecule has 3 aromatic rings. The van der Waals surface area contributed by atoms with Crippen molar-refractivity contribution in [3.63, 3.8) is 0 Å². The van der Waals surface area contributed by atoms with Crippen LogP contribution in [-0.4, -0.2) is 53.1 Å². The van der Waals surface area contributed by atoms with Crippen LogP contribution in [0, 0.1) is 11.6 Å². The topological polar surface area (TPSA) is 69.8 Å². The molecule has 0 fully saturated rings. The molecule has 2 heterocycles. The Kier molecular flexibility index (Phi) is 6.15. The van der Waals surface area contributed by atoms with Gasteiger partial charge < -0.3 is 15.5 Å². The van der Waals surface area contributed by atoms with Crippen molar-refractivity contribution in [3.8, 4) is 0 Å². The summed E-state index contributed by atoms with van der Waals surface area (Å²) in [6.07, 6.45) is 1.88. The van der Waals surface area contributed by atoms with Crippen molar-refractivity contribution >= 4 is 11.6 Å². The van der Waals surface area contributed by atoms with Crippen LogP contribution in [-0.2, 0) is 6.54 Å². The van der Waals surface area contributed by atoms with Gasteiger partial charge in [-0.15, -0.1) is 10.2 Å². The van der Waals surface area contributed by atoms with E-state index in [4.69, 9.17) is 0 Å². The summed E-state index contributed by atoms with van der Waals surface area (Å²) in [4.78, 5) is 5.93. The maximum Gasteiger partial charge on any atom is 0.191 e. The number of rotatable bonds is 6. The van der Waals surface area contributed by atoms with E-state index in [2.05, 4.69) is 25.8 Å². The third-order valence-electron chi connectivity index (χ3n) is 4.44. The van der Waals surface area contributed by atoms with Crippen molar-refractivity contribution in [3.05, 3.63) is 65.6 Å². The number of aromatic nitrogens is 3. The minimum Gasteiger partial charge on any atom is -0.354 e. The third kappa shape index (κ3) is 4.25. The predicted octanol–water partition coefficient (Wildman–Crippen LogP) is 1.98. The first-order valence-corrected chi connectivity index (χ1v) is 8.84. The number of nitrogens with one attached hydrogen (secondary N) is 2. The number of hydrogen-bond donors (Lipinski definition) is 2. The summed E-state index contributed by atoms with van der Waals surface area (Å²) < 4.78 is 30.3. The second-order valence-corrected chi connectivity index (χ2v) is 6.47. The lowest BCUT2D eigenvalue weighted by molar-refractivity contribution is 0.282. The second kappa shape index (κ2) is 8.75. The van der Waals surface area contributed by atoms with Gasteiger partial charge in [-0.1, -0.05) is 12.1 Å². The second-order valence-electron chi connectivity index (χ2n) is 6.47. The Balaban J connectivity index is 1.67. The predicted molar refractivity (Wildman–Crippen MR) is 104 cm³/mol. The first kappa shape index (κ1) is 19.7. The molecule has 0 spiro atoms. The summed E-state index contributed by atoms with van der Waals surface area (Å²) in [6.45, 7) is 0.663. The summed E-state index contributed by atoms with van der Waals surface area (Å²) in [7, 11) is 5.18. The maximum absolute atomic E-state index is 14.2. The molecule has 2 aromatic heterocycles. The summed E-state index contributed by atoms with van der Waals surface area (Å²) >= 11 is 0. The number of pyridine rings is 1. The zero-order valence-electron chi connectivity index (χ0n) is 16.0. The number of halogens is 2. The Morgan fingerprint density at radius 1 is 1.11 bits per heavy atom. The average molecular weight is 387 g/mol. The summed E-state index contributed by atoms with van der Waals surface area (Å²) in [6, 6.07) is 9.04. The SMILES string of the molecule is CN=C(NCc1nnc2ccccn12)NCC(c1c(F)cccc1F)N(C)C. The van der Waals surface area contributed by atoms with Gasteiger partial charge >= 0.3 is 0 Å². The lowest BCUT2D eigenvalue weighted by Gasteiger charge is -2.26. The van der Waals surface area contributed by atoms with Crippen molar-refractivity contribution < 1.29 is 8.78 Å². The quantitative estimate of drug-likeness (QED) is 0.500. The molecule has 7 nitrogen and oxygen atoms in total. The Labute approximate surface area is 162 Å². The fourth-order valence-corrected chi connectivity index (χ4v) is 2.96. The molecule has 0 aliphatic rings. The van der Waals surface area contributed by atoms with Crippen LogP contribution in [0.15, 0.2) is 47.6 Å². The largest absolute Gasteiger partial charge is 0.354 e. The number of benzene rings is 1. The van der Waals surface area contributed by atoms with Crippen LogP contribution < -0.4 is 10.6 Å². The van der Waals surface area contributed by atoms with Gasteiger partial charge in [0.15, 0.2) is 17.4 Å². The van der Waals surface area contributed by atoms with E-state index in [0.29, 0.717) is 12.5 Å². The van der Waals surface area contributed by atoms with Gasteiger partial charge in [0.05, 0.1) is 12.6 Å². The van der Waals surface area contributed by atoms with E-state index >= 15 is 0 Å². The number of fused-ring (bicyclic) bond motifs is 1. The van der Waals surface area contributed by atoms with Crippen LogP contribution in [0.25, 0.3) is 5.65 Å².